The maximum atomic E-state index is 12.5. The summed E-state index contributed by atoms with van der Waals surface area (Å²) >= 11 is 1.57. The highest BCUT2D eigenvalue weighted by Gasteiger charge is 2.26. The molecule has 2 rings (SSSR count). The van der Waals surface area contributed by atoms with Crippen molar-refractivity contribution < 1.29 is 14.3 Å². The third-order valence-corrected chi connectivity index (χ3v) is 5.62. The number of amides is 1. The zero-order chi connectivity index (χ0) is 17.4. The van der Waals surface area contributed by atoms with Gasteiger partial charge in [0.15, 0.2) is 0 Å². The third-order valence-electron chi connectivity index (χ3n) is 4.41. The van der Waals surface area contributed by atoms with E-state index in [4.69, 9.17) is 4.74 Å². The molecule has 1 aromatic rings. The van der Waals surface area contributed by atoms with Gasteiger partial charge in [0.2, 0.25) is 5.91 Å². The first kappa shape index (κ1) is 19.0. The van der Waals surface area contributed by atoms with Crippen LogP contribution in [0.4, 0.5) is 5.00 Å². The minimum Gasteiger partial charge on any atom is -0.462 e. The molecule has 1 heterocycles. The fraction of sp³-hybridized carbons (Fsp3) is 0.684. The summed E-state index contributed by atoms with van der Waals surface area (Å²) < 4.78 is 5.26. The van der Waals surface area contributed by atoms with Crippen molar-refractivity contribution in [1.82, 2.24) is 0 Å². The van der Waals surface area contributed by atoms with Gasteiger partial charge in [-0.15, -0.1) is 11.3 Å². The molecule has 1 aliphatic carbocycles. The first-order valence-electron chi connectivity index (χ1n) is 9.28. The Hall–Kier alpha value is -1.36. The van der Waals surface area contributed by atoms with Crippen molar-refractivity contribution in [3.8, 4) is 0 Å². The fourth-order valence-electron chi connectivity index (χ4n) is 3.15. The average molecular weight is 352 g/mol. The van der Waals surface area contributed by atoms with Gasteiger partial charge in [-0.3, -0.25) is 4.79 Å². The van der Waals surface area contributed by atoms with Crippen molar-refractivity contribution in [3.05, 3.63) is 16.0 Å². The maximum Gasteiger partial charge on any atom is 0.341 e. The molecule has 0 unspecified atom stereocenters. The van der Waals surface area contributed by atoms with E-state index >= 15 is 0 Å². The van der Waals surface area contributed by atoms with Crippen molar-refractivity contribution in [2.24, 2.45) is 0 Å². The number of hydrogen-bond donors (Lipinski definition) is 1. The molecule has 0 radical (unpaired) electrons. The molecule has 4 nitrogen and oxygen atoms in total. The Kier molecular flexibility index (Phi) is 7.76. The van der Waals surface area contributed by atoms with Crippen LogP contribution in [0.25, 0.3) is 0 Å². The molecule has 5 heteroatoms. The van der Waals surface area contributed by atoms with Crippen molar-refractivity contribution in [2.45, 2.75) is 78.1 Å². The molecule has 0 aliphatic heterocycles. The zero-order valence-electron chi connectivity index (χ0n) is 14.9. The van der Waals surface area contributed by atoms with Gasteiger partial charge in [0.25, 0.3) is 0 Å². The van der Waals surface area contributed by atoms with E-state index in [1.165, 1.54) is 17.7 Å². The third kappa shape index (κ3) is 5.07. The van der Waals surface area contributed by atoms with Crippen LogP contribution in [0.15, 0.2) is 0 Å². The smallest absolute Gasteiger partial charge is 0.341 e. The van der Waals surface area contributed by atoms with E-state index in [0.29, 0.717) is 23.6 Å². The van der Waals surface area contributed by atoms with Gasteiger partial charge in [-0.05, 0) is 44.6 Å². The van der Waals surface area contributed by atoms with Gasteiger partial charge in [-0.25, -0.2) is 4.79 Å². The van der Waals surface area contributed by atoms with Crippen molar-refractivity contribution in [1.29, 1.82) is 0 Å². The number of aryl methyl sites for hydroxylation is 1. The van der Waals surface area contributed by atoms with E-state index in [0.717, 1.165) is 50.5 Å². The van der Waals surface area contributed by atoms with Crippen LogP contribution in [0.1, 0.15) is 86.0 Å². The number of hydrogen-bond acceptors (Lipinski definition) is 4. The van der Waals surface area contributed by atoms with E-state index in [1.807, 2.05) is 6.92 Å². The number of carbonyl (C=O) groups excluding carboxylic acids is 2. The highest BCUT2D eigenvalue weighted by Crippen LogP contribution is 2.37. The Balaban J connectivity index is 2.22. The molecule has 1 N–H and O–H groups in total. The molecule has 134 valence electrons. The van der Waals surface area contributed by atoms with Gasteiger partial charge < -0.3 is 10.1 Å². The maximum absolute atomic E-state index is 12.5. The van der Waals surface area contributed by atoms with Crippen LogP contribution in [0.3, 0.4) is 0 Å². The number of thiophene rings is 1. The lowest BCUT2D eigenvalue weighted by Crippen LogP contribution is -2.15. The van der Waals surface area contributed by atoms with E-state index < -0.39 is 0 Å². The van der Waals surface area contributed by atoms with Gasteiger partial charge >= 0.3 is 5.97 Å². The lowest BCUT2D eigenvalue weighted by molar-refractivity contribution is -0.116. The quantitative estimate of drug-likeness (QED) is 0.549. The van der Waals surface area contributed by atoms with Crippen molar-refractivity contribution in [3.63, 3.8) is 0 Å². The number of fused-ring (bicyclic) bond motifs is 1. The summed E-state index contributed by atoms with van der Waals surface area (Å²) in [5.41, 5.74) is 1.73. The first-order chi connectivity index (χ1) is 11.7. The Morgan fingerprint density at radius 3 is 2.54 bits per heavy atom. The average Bonchev–Trinajstić information content (AvgIpc) is 2.84. The van der Waals surface area contributed by atoms with Crippen LogP contribution in [-0.4, -0.2) is 18.5 Å². The van der Waals surface area contributed by atoms with Gasteiger partial charge in [-0.1, -0.05) is 32.6 Å². The molecular weight excluding hydrogens is 322 g/mol. The number of anilines is 1. The van der Waals surface area contributed by atoms with Crippen LogP contribution in [0.2, 0.25) is 0 Å². The molecule has 0 fully saturated rings. The number of unbranched alkanes of at least 4 members (excludes halogenated alkanes) is 2. The van der Waals surface area contributed by atoms with Crippen LogP contribution in [-0.2, 0) is 22.4 Å². The second-order valence-electron chi connectivity index (χ2n) is 6.35. The number of rotatable bonds is 7. The summed E-state index contributed by atoms with van der Waals surface area (Å²) in [7, 11) is 0. The highest BCUT2D eigenvalue weighted by molar-refractivity contribution is 7.17. The Bertz CT molecular complexity index is 565. The second-order valence-corrected chi connectivity index (χ2v) is 7.45. The summed E-state index contributed by atoms with van der Waals surface area (Å²) in [6.07, 6.45) is 10.2. The monoisotopic (exact) mass is 351 g/mol. The normalized spacial score (nSPS) is 14.4. The number of nitrogens with one attached hydrogen (secondary N) is 1. The molecule has 0 saturated heterocycles. The summed E-state index contributed by atoms with van der Waals surface area (Å²) in [6.45, 7) is 4.29. The van der Waals surface area contributed by atoms with Crippen molar-refractivity contribution >= 4 is 28.2 Å². The van der Waals surface area contributed by atoms with E-state index in [1.54, 1.807) is 11.3 Å². The molecule has 1 aliphatic rings. The van der Waals surface area contributed by atoms with Crippen LogP contribution in [0, 0.1) is 0 Å². The van der Waals surface area contributed by atoms with Crippen LogP contribution in [0.5, 0.6) is 0 Å². The zero-order valence-corrected chi connectivity index (χ0v) is 15.7. The van der Waals surface area contributed by atoms with E-state index in [2.05, 4.69) is 12.2 Å². The SMILES string of the molecule is CCCCCC(=O)Nc1sc2c(c1C(=O)OCC)CCCCCC2. The summed E-state index contributed by atoms with van der Waals surface area (Å²) in [4.78, 5) is 25.9. The molecule has 0 spiro atoms. The van der Waals surface area contributed by atoms with Gasteiger partial charge in [0, 0.05) is 11.3 Å². The van der Waals surface area contributed by atoms with Crippen molar-refractivity contribution in [2.75, 3.05) is 11.9 Å². The predicted molar refractivity (Wildman–Crippen MR) is 98.9 cm³/mol. The summed E-state index contributed by atoms with van der Waals surface area (Å²) in [6, 6.07) is 0. The summed E-state index contributed by atoms with van der Waals surface area (Å²) in [5.74, 6) is -0.289. The molecule has 1 aromatic heterocycles. The molecule has 0 atom stereocenters. The van der Waals surface area contributed by atoms with E-state index in [9.17, 15) is 9.59 Å². The number of ether oxygens (including phenoxy) is 1. The standard InChI is InChI=1S/C19H29NO3S/c1-3-5-8-13-16(21)20-18-17(19(22)23-4-2)14-11-9-6-7-10-12-15(14)24-18/h3-13H2,1-2H3,(H,20,21). The Morgan fingerprint density at radius 1 is 1.08 bits per heavy atom. The van der Waals surface area contributed by atoms with Gasteiger partial charge in [0.05, 0.1) is 12.2 Å². The topological polar surface area (TPSA) is 55.4 Å². The molecule has 0 saturated carbocycles. The molecule has 1 amide bonds. The Labute approximate surface area is 149 Å². The minimum absolute atomic E-state index is 0.00298. The van der Waals surface area contributed by atoms with Gasteiger partial charge in [-0.2, -0.15) is 0 Å². The predicted octanol–water partition coefficient (Wildman–Crippen LogP) is 5.10. The minimum atomic E-state index is -0.292. The number of carbonyl (C=O) groups is 2. The summed E-state index contributed by atoms with van der Waals surface area (Å²) in [5, 5.41) is 3.68. The van der Waals surface area contributed by atoms with E-state index in [-0.39, 0.29) is 11.9 Å². The fourth-order valence-corrected chi connectivity index (χ4v) is 4.44. The lowest BCUT2D eigenvalue weighted by atomic mass is 9.96. The largest absolute Gasteiger partial charge is 0.462 e. The molecule has 0 bridgehead atoms. The van der Waals surface area contributed by atoms with Crippen LogP contribution >= 0.6 is 11.3 Å². The lowest BCUT2D eigenvalue weighted by Gasteiger charge is -2.11. The number of esters is 1. The first-order valence-corrected chi connectivity index (χ1v) is 10.1. The molecule has 0 aromatic carbocycles. The van der Waals surface area contributed by atoms with Gasteiger partial charge in [0.1, 0.15) is 5.00 Å². The molecule has 24 heavy (non-hydrogen) atoms. The second kappa shape index (κ2) is 9.82. The van der Waals surface area contributed by atoms with Crippen LogP contribution < -0.4 is 5.32 Å². The Morgan fingerprint density at radius 2 is 1.83 bits per heavy atom. The highest BCUT2D eigenvalue weighted by atomic mass is 32.1. The molecular formula is C19H29NO3S.